The highest BCUT2D eigenvalue weighted by Crippen LogP contribution is 2.08. The van der Waals surface area contributed by atoms with Gasteiger partial charge >= 0.3 is 5.69 Å². The minimum atomic E-state index is -0.532. The zero-order chi connectivity index (χ0) is 12.4. The lowest BCUT2D eigenvalue weighted by atomic mass is 10.1. The molecule has 2 aromatic rings. The van der Waals surface area contributed by atoms with Crippen LogP contribution in [0.1, 0.15) is 12.5 Å². The van der Waals surface area contributed by atoms with Gasteiger partial charge < -0.3 is 0 Å². The normalized spacial score (nSPS) is 10.5. The van der Waals surface area contributed by atoms with Gasteiger partial charge in [0.05, 0.1) is 5.69 Å². The molecule has 0 atom stereocenters. The molecule has 17 heavy (non-hydrogen) atoms. The van der Waals surface area contributed by atoms with Gasteiger partial charge in [-0.2, -0.15) is 0 Å². The molecule has 1 aromatic carbocycles. The number of nitrogens with zero attached hydrogens (tertiary/aromatic N) is 1. The zero-order valence-electron chi connectivity index (χ0n) is 9.24. The standard InChI is InChI=1S/C12H11ClN2O2/c1-2-8-4-3-5-9(6-8)15-11(16)7-10(13)14-12(15)17/h3-7H,2H2,1H3,(H,14,17). The van der Waals surface area contributed by atoms with E-state index in [9.17, 15) is 9.59 Å². The number of hydrogen-bond acceptors (Lipinski definition) is 2. The molecule has 1 aromatic heterocycles. The molecule has 2 rings (SSSR count). The van der Waals surface area contributed by atoms with Crippen LogP contribution in [0.15, 0.2) is 39.9 Å². The van der Waals surface area contributed by atoms with Gasteiger partial charge in [0.1, 0.15) is 5.15 Å². The molecule has 0 amide bonds. The van der Waals surface area contributed by atoms with Crippen LogP contribution < -0.4 is 11.2 Å². The smallest absolute Gasteiger partial charge is 0.297 e. The molecule has 1 heterocycles. The van der Waals surface area contributed by atoms with E-state index in [-0.39, 0.29) is 5.15 Å². The predicted molar refractivity (Wildman–Crippen MR) is 67.0 cm³/mol. The second-order valence-electron chi connectivity index (χ2n) is 3.62. The molecule has 0 aliphatic heterocycles. The number of H-pyrrole nitrogens is 1. The molecule has 0 radical (unpaired) electrons. The Bertz CT molecular complexity index is 627. The Hall–Kier alpha value is -1.81. The maximum atomic E-state index is 11.7. The van der Waals surface area contributed by atoms with Crippen molar-refractivity contribution in [3.63, 3.8) is 0 Å². The Balaban J connectivity index is 2.68. The molecule has 0 saturated heterocycles. The molecule has 4 nitrogen and oxygen atoms in total. The molecule has 0 unspecified atom stereocenters. The van der Waals surface area contributed by atoms with Crippen LogP contribution in [-0.2, 0) is 6.42 Å². The van der Waals surface area contributed by atoms with E-state index in [2.05, 4.69) is 4.98 Å². The van der Waals surface area contributed by atoms with E-state index in [1.807, 2.05) is 25.1 Å². The van der Waals surface area contributed by atoms with Crippen molar-refractivity contribution in [2.45, 2.75) is 13.3 Å². The maximum absolute atomic E-state index is 11.7. The molecule has 0 aliphatic rings. The lowest BCUT2D eigenvalue weighted by molar-refractivity contribution is 0.873. The monoisotopic (exact) mass is 250 g/mol. The van der Waals surface area contributed by atoms with Gasteiger partial charge in [-0.25, -0.2) is 9.36 Å². The van der Waals surface area contributed by atoms with Gasteiger partial charge in [-0.3, -0.25) is 9.78 Å². The summed E-state index contributed by atoms with van der Waals surface area (Å²) < 4.78 is 1.06. The van der Waals surface area contributed by atoms with Crippen molar-refractivity contribution in [1.82, 2.24) is 9.55 Å². The number of hydrogen-bond donors (Lipinski definition) is 1. The highest BCUT2D eigenvalue weighted by atomic mass is 35.5. The molecule has 0 aliphatic carbocycles. The summed E-state index contributed by atoms with van der Waals surface area (Å²) in [6.45, 7) is 2.01. The Labute approximate surface area is 102 Å². The summed E-state index contributed by atoms with van der Waals surface area (Å²) in [4.78, 5) is 25.8. The second kappa shape index (κ2) is 4.59. The number of nitrogens with one attached hydrogen (secondary N) is 1. The van der Waals surface area contributed by atoms with Crippen molar-refractivity contribution < 1.29 is 0 Å². The highest BCUT2D eigenvalue weighted by molar-refractivity contribution is 6.29. The first-order chi connectivity index (χ1) is 8.11. The van der Waals surface area contributed by atoms with Crippen LogP contribution in [0, 0.1) is 0 Å². The topological polar surface area (TPSA) is 54.9 Å². The van der Waals surface area contributed by atoms with Crippen molar-refractivity contribution in [2.75, 3.05) is 0 Å². The SMILES string of the molecule is CCc1cccc(-n2c(=O)cc(Cl)[nH]c2=O)c1. The number of halogens is 1. The molecule has 0 fully saturated rings. The third-order valence-corrected chi connectivity index (χ3v) is 2.68. The number of aromatic amines is 1. The first-order valence-corrected chi connectivity index (χ1v) is 5.61. The van der Waals surface area contributed by atoms with Gasteiger partial charge in [-0.05, 0) is 24.1 Å². The summed E-state index contributed by atoms with van der Waals surface area (Å²) in [5.74, 6) is 0. The molecule has 1 N–H and O–H groups in total. The lowest BCUT2D eigenvalue weighted by Gasteiger charge is -2.05. The average Bonchev–Trinajstić information content (AvgIpc) is 2.28. The van der Waals surface area contributed by atoms with E-state index in [1.54, 1.807) is 6.07 Å². The molecule has 0 bridgehead atoms. The Kier molecular flexibility index (Phi) is 3.15. The van der Waals surface area contributed by atoms with Crippen molar-refractivity contribution >= 4 is 11.6 Å². The van der Waals surface area contributed by atoms with E-state index in [0.29, 0.717) is 5.69 Å². The fourth-order valence-electron chi connectivity index (χ4n) is 1.63. The van der Waals surface area contributed by atoms with Crippen LogP contribution in [0.2, 0.25) is 5.15 Å². The Morgan fingerprint density at radius 3 is 2.71 bits per heavy atom. The van der Waals surface area contributed by atoms with Crippen LogP contribution in [-0.4, -0.2) is 9.55 Å². The van der Waals surface area contributed by atoms with Gasteiger partial charge in [0.2, 0.25) is 0 Å². The fraction of sp³-hybridized carbons (Fsp3) is 0.167. The fourth-order valence-corrected chi connectivity index (χ4v) is 1.80. The average molecular weight is 251 g/mol. The van der Waals surface area contributed by atoms with Crippen molar-refractivity contribution in [2.24, 2.45) is 0 Å². The summed E-state index contributed by atoms with van der Waals surface area (Å²) in [6, 6.07) is 8.46. The molecular weight excluding hydrogens is 240 g/mol. The summed E-state index contributed by atoms with van der Waals surface area (Å²) in [5.41, 5.74) is 0.638. The maximum Gasteiger partial charge on any atom is 0.334 e. The van der Waals surface area contributed by atoms with Crippen molar-refractivity contribution in [3.05, 3.63) is 61.9 Å². The van der Waals surface area contributed by atoms with Crippen LogP contribution in [0.4, 0.5) is 0 Å². The number of aromatic nitrogens is 2. The minimum absolute atomic E-state index is 0.0443. The largest absolute Gasteiger partial charge is 0.334 e. The Morgan fingerprint density at radius 1 is 1.29 bits per heavy atom. The van der Waals surface area contributed by atoms with Crippen LogP contribution >= 0.6 is 11.6 Å². The third kappa shape index (κ3) is 2.31. The van der Waals surface area contributed by atoms with E-state index in [0.717, 1.165) is 16.6 Å². The van der Waals surface area contributed by atoms with Crippen molar-refractivity contribution in [3.8, 4) is 5.69 Å². The number of benzene rings is 1. The van der Waals surface area contributed by atoms with Gasteiger partial charge in [0.25, 0.3) is 5.56 Å². The van der Waals surface area contributed by atoms with Crippen LogP contribution in [0.3, 0.4) is 0 Å². The zero-order valence-corrected chi connectivity index (χ0v) is 9.99. The van der Waals surface area contributed by atoms with E-state index < -0.39 is 11.2 Å². The molecule has 88 valence electrons. The molecular formula is C12H11ClN2O2. The minimum Gasteiger partial charge on any atom is -0.297 e. The molecule has 5 heteroatoms. The van der Waals surface area contributed by atoms with E-state index >= 15 is 0 Å². The number of rotatable bonds is 2. The van der Waals surface area contributed by atoms with E-state index in [1.165, 1.54) is 6.07 Å². The summed E-state index contributed by atoms with van der Waals surface area (Å²) >= 11 is 5.60. The Morgan fingerprint density at radius 2 is 2.06 bits per heavy atom. The summed E-state index contributed by atoms with van der Waals surface area (Å²) in [7, 11) is 0. The quantitative estimate of drug-likeness (QED) is 0.826. The van der Waals surface area contributed by atoms with Gasteiger partial charge in [-0.1, -0.05) is 30.7 Å². The van der Waals surface area contributed by atoms with Gasteiger partial charge in [-0.15, -0.1) is 0 Å². The first kappa shape index (κ1) is 11.7. The third-order valence-electron chi connectivity index (χ3n) is 2.48. The number of aryl methyl sites for hydroxylation is 1. The second-order valence-corrected chi connectivity index (χ2v) is 4.03. The van der Waals surface area contributed by atoms with Crippen LogP contribution in [0.5, 0.6) is 0 Å². The van der Waals surface area contributed by atoms with Gasteiger partial charge in [0, 0.05) is 6.07 Å². The molecule has 0 saturated carbocycles. The first-order valence-electron chi connectivity index (χ1n) is 5.23. The highest BCUT2D eigenvalue weighted by Gasteiger charge is 2.05. The summed E-state index contributed by atoms with van der Waals surface area (Å²) in [6.07, 6.45) is 0.841. The predicted octanol–water partition coefficient (Wildman–Crippen LogP) is 1.74. The lowest BCUT2D eigenvalue weighted by Crippen LogP contribution is -2.32. The van der Waals surface area contributed by atoms with E-state index in [4.69, 9.17) is 11.6 Å². The van der Waals surface area contributed by atoms with Crippen LogP contribution in [0.25, 0.3) is 5.69 Å². The van der Waals surface area contributed by atoms with Gasteiger partial charge in [0.15, 0.2) is 0 Å². The van der Waals surface area contributed by atoms with Crippen molar-refractivity contribution in [1.29, 1.82) is 0 Å². The summed E-state index contributed by atoms with van der Waals surface area (Å²) in [5, 5.41) is 0.0443. The molecule has 0 spiro atoms.